The minimum atomic E-state index is -0.150. The van der Waals surface area contributed by atoms with E-state index < -0.39 is 0 Å². The third-order valence-corrected chi connectivity index (χ3v) is 6.74. The van der Waals surface area contributed by atoms with Gasteiger partial charge in [-0.25, -0.2) is 0 Å². The molecule has 0 amide bonds. The normalized spacial score (nSPS) is 13.2. The first kappa shape index (κ1) is 29.9. The standard InChI is InChI=1S/C32H50NO3/c1-6-7-8-9-10-11-15-20-30-21-16-17-22-31(30)36-28(3)23-24-35-32(34)27(2)25-33(4,5)26-29-18-13-12-14-19-29/h12-14,16-19,21-22,27-28H,6-11,15,20,23-26H2,1-5H3/q+1. The van der Waals surface area contributed by atoms with E-state index in [1.54, 1.807) is 0 Å². The lowest BCUT2D eigenvalue weighted by atomic mass is 10.0. The molecule has 2 aromatic rings. The molecule has 0 heterocycles. The maximum atomic E-state index is 12.6. The summed E-state index contributed by atoms with van der Waals surface area (Å²) in [4.78, 5) is 12.6. The Labute approximate surface area is 220 Å². The van der Waals surface area contributed by atoms with E-state index in [0.29, 0.717) is 13.0 Å². The van der Waals surface area contributed by atoms with Crippen molar-refractivity contribution in [1.29, 1.82) is 0 Å². The van der Waals surface area contributed by atoms with E-state index in [2.05, 4.69) is 70.4 Å². The van der Waals surface area contributed by atoms with Gasteiger partial charge in [0.15, 0.2) is 0 Å². The van der Waals surface area contributed by atoms with Crippen LogP contribution in [0, 0.1) is 5.92 Å². The number of carbonyl (C=O) groups excluding carboxylic acids is 1. The Hall–Kier alpha value is -2.33. The van der Waals surface area contributed by atoms with Crippen LogP contribution < -0.4 is 4.74 Å². The molecule has 2 unspecified atom stereocenters. The van der Waals surface area contributed by atoms with Gasteiger partial charge in [-0.05, 0) is 38.3 Å². The van der Waals surface area contributed by atoms with Gasteiger partial charge in [0.05, 0.1) is 33.4 Å². The number of esters is 1. The Kier molecular flexibility index (Phi) is 13.6. The molecule has 4 nitrogen and oxygen atoms in total. The number of aryl methyl sites for hydroxylation is 1. The summed E-state index contributed by atoms with van der Waals surface area (Å²) in [5, 5.41) is 0. The number of para-hydroxylation sites is 1. The maximum absolute atomic E-state index is 12.6. The summed E-state index contributed by atoms with van der Waals surface area (Å²) in [5.74, 6) is 0.694. The molecule has 0 N–H and O–H groups in total. The highest BCUT2D eigenvalue weighted by Gasteiger charge is 2.25. The topological polar surface area (TPSA) is 35.5 Å². The lowest BCUT2D eigenvalue weighted by molar-refractivity contribution is -0.905. The van der Waals surface area contributed by atoms with Crippen molar-refractivity contribution in [2.45, 2.75) is 91.2 Å². The van der Waals surface area contributed by atoms with Gasteiger partial charge < -0.3 is 14.0 Å². The maximum Gasteiger partial charge on any atom is 0.314 e. The Morgan fingerprint density at radius 3 is 2.22 bits per heavy atom. The summed E-state index contributed by atoms with van der Waals surface area (Å²) in [6, 6.07) is 18.8. The highest BCUT2D eigenvalue weighted by Crippen LogP contribution is 2.23. The van der Waals surface area contributed by atoms with Crippen molar-refractivity contribution >= 4 is 5.97 Å². The molecular formula is C32H50NO3+. The predicted octanol–water partition coefficient (Wildman–Crippen LogP) is 7.59. The SMILES string of the molecule is CCCCCCCCCc1ccccc1OC(C)CCOC(=O)C(C)C[N+](C)(C)Cc1ccccc1. The third kappa shape index (κ3) is 12.1. The van der Waals surface area contributed by atoms with Crippen LogP contribution in [0.25, 0.3) is 0 Å². The molecule has 0 saturated carbocycles. The molecule has 0 aliphatic carbocycles. The van der Waals surface area contributed by atoms with Crippen LogP contribution in [0.15, 0.2) is 54.6 Å². The van der Waals surface area contributed by atoms with Crippen molar-refractivity contribution in [1.82, 2.24) is 0 Å². The number of unbranched alkanes of at least 4 members (excludes halogenated alkanes) is 6. The molecule has 0 saturated heterocycles. The summed E-state index contributed by atoms with van der Waals surface area (Å²) < 4.78 is 12.6. The summed E-state index contributed by atoms with van der Waals surface area (Å²) in [6.45, 7) is 8.30. The van der Waals surface area contributed by atoms with Gasteiger partial charge >= 0.3 is 5.97 Å². The second-order valence-electron chi connectivity index (χ2n) is 11.0. The molecule has 2 rings (SSSR count). The van der Waals surface area contributed by atoms with Gasteiger partial charge in [0.2, 0.25) is 0 Å². The highest BCUT2D eigenvalue weighted by atomic mass is 16.5. The van der Waals surface area contributed by atoms with E-state index in [1.807, 2.05) is 19.1 Å². The molecule has 0 bridgehead atoms. The van der Waals surface area contributed by atoms with E-state index in [9.17, 15) is 4.79 Å². The van der Waals surface area contributed by atoms with Crippen LogP contribution in [0.3, 0.4) is 0 Å². The largest absolute Gasteiger partial charge is 0.490 e. The highest BCUT2D eigenvalue weighted by molar-refractivity contribution is 5.72. The first-order chi connectivity index (χ1) is 17.3. The summed E-state index contributed by atoms with van der Waals surface area (Å²) in [5.41, 5.74) is 2.56. The zero-order chi connectivity index (χ0) is 26.2. The van der Waals surface area contributed by atoms with Crippen molar-refractivity contribution in [2.24, 2.45) is 5.92 Å². The smallest absolute Gasteiger partial charge is 0.314 e. The van der Waals surface area contributed by atoms with Crippen LogP contribution >= 0.6 is 0 Å². The van der Waals surface area contributed by atoms with Gasteiger partial charge in [-0.15, -0.1) is 0 Å². The zero-order valence-corrected chi connectivity index (χ0v) is 23.5. The summed E-state index contributed by atoms with van der Waals surface area (Å²) >= 11 is 0. The van der Waals surface area contributed by atoms with Crippen LogP contribution in [-0.4, -0.2) is 43.8 Å². The lowest BCUT2D eigenvalue weighted by Crippen LogP contribution is -2.44. The monoisotopic (exact) mass is 496 g/mol. The Morgan fingerprint density at radius 1 is 0.861 bits per heavy atom. The van der Waals surface area contributed by atoms with Crippen LogP contribution in [0.4, 0.5) is 0 Å². The number of ether oxygens (including phenoxy) is 2. The molecule has 0 aliphatic heterocycles. The molecule has 2 atom stereocenters. The van der Waals surface area contributed by atoms with Crippen molar-refractivity contribution in [3.63, 3.8) is 0 Å². The van der Waals surface area contributed by atoms with E-state index >= 15 is 0 Å². The molecule has 0 aliphatic rings. The average Bonchev–Trinajstić information content (AvgIpc) is 2.84. The third-order valence-electron chi connectivity index (χ3n) is 6.74. The minimum absolute atomic E-state index is 0.00592. The van der Waals surface area contributed by atoms with Gasteiger partial charge in [-0.2, -0.15) is 0 Å². The van der Waals surface area contributed by atoms with Crippen LogP contribution in [-0.2, 0) is 22.5 Å². The van der Waals surface area contributed by atoms with Crippen LogP contribution in [0.2, 0.25) is 0 Å². The van der Waals surface area contributed by atoms with E-state index in [0.717, 1.165) is 29.7 Å². The van der Waals surface area contributed by atoms with Gasteiger partial charge in [-0.1, -0.05) is 94.0 Å². The fraction of sp³-hybridized carbons (Fsp3) is 0.594. The molecule has 0 spiro atoms. The molecule has 2 aromatic carbocycles. The predicted molar refractivity (Wildman–Crippen MR) is 150 cm³/mol. The van der Waals surface area contributed by atoms with E-state index in [-0.39, 0.29) is 18.0 Å². The molecule has 0 radical (unpaired) electrons. The number of benzene rings is 2. The molecule has 4 heteroatoms. The minimum Gasteiger partial charge on any atom is -0.490 e. The number of quaternary nitrogens is 1. The molecular weight excluding hydrogens is 446 g/mol. The van der Waals surface area contributed by atoms with Crippen molar-refractivity contribution in [2.75, 3.05) is 27.2 Å². The van der Waals surface area contributed by atoms with Crippen molar-refractivity contribution in [3.05, 3.63) is 65.7 Å². The fourth-order valence-electron chi connectivity index (χ4n) is 4.80. The van der Waals surface area contributed by atoms with Crippen LogP contribution in [0.1, 0.15) is 83.3 Å². The Morgan fingerprint density at radius 2 is 1.50 bits per heavy atom. The number of rotatable bonds is 18. The quantitative estimate of drug-likeness (QED) is 0.121. The Bertz CT molecular complexity index is 865. The number of nitrogens with zero attached hydrogens (tertiary/aromatic N) is 1. The fourth-order valence-corrected chi connectivity index (χ4v) is 4.80. The summed E-state index contributed by atoms with van der Waals surface area (Å²) in [6.07, 6.45) is 10.9. The second kappa shape index (κ2) is 16.4. The van der Waals surface area contributed by atoms with Gasteiger partial charge in [0.1, 0.15) is 18.2 Å². The zero-order valence-electron chi connectivity index (χ0n) is 23.5. The second-order valence-corrected chi connectivity index (χ2v) is 11.0. The molecule has 0 fully saturated rings. The lowest BCUT2D eigenvalue weighted by Gasteiger charge is -2.32. The number of hydrogen-bond donors (Lipinski definition) is 0. The van der Waals surface area contributed by atoms with Crippen molar-refractivity contribution in [3.8, 4) is 5.75 Å². The number of carbonyl (C=O) groups is 1. The van der Waals surface area contributed by atoms with Gasteiger partial charge in [0, 0.05) is 12.0 Å². The van der Waals surface area contributed by atoms with E-state index in [1.165, 1.54) is 56.1 Å². The molecule has 36 heavy (non-hydrogen) atoms. The van der Waals surface area contributed by atoms with Gasteiger partial charge in [0.25, 0.3) is 0 Å². The first-order valence-corrected chi connectivity index (χ1v) is 14.1. The van der Waals surface area contributed by atoms with E-state index in [4.69, 9.17) is 9.47 Å². The molecule has 0 aromatic heterocycles. The summed E-state index contributed by atoms with van der Waals surface area (Å²) in [7, 11) is 4.33. The number of hydrogen-bond acceptors (Lipinski definition) is 3. The molecule has 200 valence electrons. The van der Waals surface area contributed by atoms with Crippen molar-refractivity contribution < 1.29 is 18.8 Å². The Balaban J connectivity index is 1.70. The average molecular weight is 497 g/mol. The van der Waals surface area contributed by atoms with Gasteiger partial charge in [-0.3, -0.25) is 4.79 Å². The van der Waals surface area contributed by atoms with Crippen LogP contribution in [0.5, 0.6) is 5.75 Å². The first-order valence-electron chi connectivity index (χ1n) is 14.1.